The summed E-state index contributed by atoms with van der Waals surface area (Å²) in [4.78, 5) is 0.0501. The van der Waals surface area contributed by atoms with Gasteiger partial charge in [0.15, 0.2) is 0 Å². The average molecular weight is 326 g/mol. The Morgan fingerprint density at radius 3 is 2.47 bits per heavy atom. The van der Waals surface area contributed by atoms with Crippen molar-refractivity contribution in [3.8, 4) is 5.75 Å². The highest BCUT2D eigenvalue weighted by molar-refractivity contribution is 7.89. The van der Waals surface area contributed by atoms with Gasteiger partial charge in [0, 0.05) is 24.2 Å². The Balaban J connectivity index is 3.45. The van der Waals surface area contributed by atoms with E-state index in [1.165, 1.54) is 24.5 Å². The smallest absolute Gasteiger partial charge is 0.246 e. The molecule has 0 aliphatic heterocycles. The summed E-state index contributed by atoms with van der Waals surface area (Å²) in [5.74, 6) is 0.381. The number of methoxy groups -OCH3 is 1. The van der Waals surface area contributed by atoms with Crippen LogP contribution in [0.2, 0.25) is 5.02 Å². The molecule has 0 radical (unpaired) electrons. The van der Waals surface area contributed by atoms with Gasteiger partial charge in [-0.2, -0.15) is 0 Å². The van der Waals surface area contributed by atoms with Crippen molar-refractivity contribution in [1.82, 2.24) is 4.31 Å². The molecule has 0 atom stereocenters. The maximum absolute atomic E-state index is 12.5. The first-order valence-corrected chi connectivity index (χ1v) is 8.12. The molecule has 0 heterocycles. The van der Waals surface area contributed by atoms with Crippen molar-refractivity contribution in [3.63, 3.8) is 0 Å². The fraction of sp³-hybridized carbons (Fsp3) is 0.500. The van der Waals surface area contributed by atoms with Crippen LogP contribution in [-0.4, -0.2) is 33.4 Å². The summed E-state index contributed by atoms with van der Waals surface area (Å²) in [6.07, 6.45) is 0.723. The number of alkyl halides is 1. The monoisotopic (exact) mass is 325 g/mol. The van der Waals surface area contributed by atoms with Gasteiger partial charge in [-0.05, 0) is 18.6 Å². The van der Waals surface area contributed by atoms with Gasteiger partial charge in [0.05, 0.1) is 13.0 Å². The number of nitrogens with zero attached hydrogens (tertiary/aromatic N) is 1. The van der Waals surface area contributed by atoms with Crippen molar-refractivity contribution in [2.75, 3.05) is 20.7 Å². The maximum Gasteiger partial charge on any atom is 0.246 e. The standard InChI is InChI=1S/C12H17Cl2NO3S/c1-4-5-15(2)19(16,17)11-7-10(14)6-9(8-13)12(11)18-3/h6-7H,4-5,8H2,1-3H3. The summed E-state index contributed by atoms with van der Waals surface area (Å²) >= 11 is 11.7. The van der Waals surface area contributed by atoms with E-state index in [1.54, 1.807) is 6.07 Å². The number of hydrogen-bond acceptors (Lipinski definition) is 3. The zero-order chi connectivity index (χ0) is 14.6. The second kappa shape index (κ2) is 6.79. The molecule has 108 valence electrons. The Labute approximate surface area is 124 Å². The molecular weight excluding hydrogens is 309 g/mol. The molecule has 0 saturated heterocycles. The molecule has 1 rings (SSSR count). The van der Waals surface area contributed by atoms with E-state index in [9.17, 15) is 8.42 Å². The molecule has 0 spiro atoms. The largest absolute Gasteiger partial charge is 0.495 e. The highest BCUT2D eigenvalue weighted by Crippen LogP contribution is 2.34. The van der Waals surface area contributed by atoms with E-state index < -0.39 is 10.0 Å². The molecule has 0 unspecified atom stereocenters. The molecular formula is C12H17Cl2NO3S. The number of halogens is 2. The van der Waals surface area contributed by atoms with E-state index in [4.69, 9.17) is 27.9 Å². The number of rotatable bonds is 6. The quantitative estimate of drug-likeness (QED) is 0.755. The third kappa shape index (κ3) is 3.54. The molecule has 7 heteroatoms. The van der Waals surface area contributed by atoms with Crippen molar-refractivity contribution in [2.24, 2.45) is 0 Å². The van der Waals surface area contributed by atoms with Crippen LogP contribution in [0.25, 0.3) is 0 Å². The molecule has 0 saturated carbocycles. The van der Waals surface area contributed by atoms with Crippen LogP contribution in [0.15, 0.2) is 17.0 Å². The summed E-state index contributed by atoms with van der Waals surface area (Å²) in [5, 5.41) is 0.319. The number of ether oxygens (including phenoxy) is 1. The van der Waals surface area contributed by atoms with Gasteiger partial charge in [-0.25, -0.2) is 12.7 Å². The summed E-state index contributed by atoms with van der Waals surface area (Å²) in [5.41, 5.74) is 0.556. The van der Waals surface area contributed by atoms with Crippen molar-refractivity contribution in [3.05, 3.63) is 22.7 Å². The second-order valence-corrected chi connectivity index (χ2v) is 6.77. The topological polar surface area (TPSA) is 46.6 Å². The second-order valence-electron chi connectivity index (χ2n) is 4.06. The summed E-state index contributed by atoms with van der Waals surface area (Å²) in [6.45, 7) is 2.33. The van der Waals surface area contributed by atoms with Gasteiger partial charge < -0.3 is 4.74 Å². The Morgan fingerprint density at radius 1 is 1.37 bits per heavy atom. The van der Waals surface area contributed by atoms with Crippen molar-refractivity contribution in [2.45, 2.75) is 24.1 Å². The predicted octanol–water partition coefficient (Wildman–Crippen LogP) is 3.12. The van der Waals surface area contributed by atoms with Crippen molar-refractivity contribution >= 4 is 33.2 Å². The van der Waals surface area contributed by atoms with Gasteiger partial charge in [0.25, 0.3) is 0 Å². The zero-order valence-electron chi connectivity index (χ0n) is 11.1. The first-order valence-electron chi connectivity index (χ1n) is 5.77. The van der Waals surface area contributed by atoms with Gasteiger partial charge in [-0.1, -0.05) is 18.5 Å². The van der Waals surface area contributed by atoms with Crippen LogP contribution in [-0.2, 0) is 15.9 Å². The summed E-state index contributed by atoms with van der Waals surface area (Å²) < 4.78 is 31.4. The fourth-order valence-electron chi connectivity index (χ4n) is 1.75. The molecule has 0 aromatic heterocycles. The molecule has 0 amide bonds. The number of hydrogen-bond donors (Lipinski definition) is 0. The zero-order valence-corrected chi connectivity index (χ0v) is 13.4. The molecule has 0 N–H and O–H groups in total. The lowest BCUT2D eigenvalue weighted by molar-refractivity contribution is 0.394. The number of sulfonamides is 1. The van der Waals surface area contributed by atoms with Crippen molar-refractivity contribution < 1.29 is 13.2 Å². The Bertz CT molecular complexity index is 546. The van der Waals surface area contributed by atoms with Gasteiger partial charge in [-0.15, -0.1) is 11.6 Å². The lowest BCUT2D eigenvalue weighted by Gasteiger charge is -2.19. The van der Waals surface area contributed by atoms with E-state index in [-0.39, 0.29) is 16.5 Å². The minimum Gasteiger partial charge on any atom is -0.495 e. The van der Waals surface area contributed by atoms with Crippen LogP contribution in [0.3, 0.4) is 0 Å². The van der Waals surface area contributed by atoms with Crippen LogP contribution in [0, 0.1) is 0 Å². The lowest BCUT2D eigenvalue weighted by atomic mass is 10.2. The minimum absolute atomic E-state index is 0.0501. The first kappa shape index (κ1) is 16.6. The van der Waals surface area contributed by atoms with Crippen LogP contribution >= 0.6 is 23.2 Å². The normalized spacial score (nSPS) is 11.9. The Hall–Kier alpha value is -0.490. The molecule has 0 bridgehead atoms. The van der Waals surface area contributed by atoms with E-state index >= 15 is 0 Å². The Morgan fingerprint density at radius 2 is 2.00 bits per heavy atom. The van der Waals surface area contributed by atoms with E-state index in [2.05, 4.69) is 0 Å². The predicted molar refractivity (Wildman–Crippen MR) is 77.7 cm³/mol. The number of benzene rings is 1. The Kier molecular flexibility index (Phi) is 5.92. The summed E-state index contributed by atoms with van der Waals surface area (Å²) in [6, 6.07) is 2.99. The third-order valence-corrected chi connectivity index (χ3v) is 5.04. The molecule has 1 aromatic carbocycles. The van der Waals surface area contributed by atoms with Crippen LogP contribution in [0.4, 0.5) is 0 Å². The first-order chi connectivity index (χ1) is 8.88. The van der Waals surface area contributed by atoms with E-state index in [0.717, 1.165) is 6.42 Å². The van der Waals surface area contributed by atoms with Crippen LogP contribution in [0.5, 0.6) is 5.75 Å². The maximum atomic E-state index is 12.5. The fourth-order valence-corrected chi connectivity index (χ4v) is 3.74. The van der Waals surface area contributed by atoms with Gasteiger partial charge in [0.2, 0.25) is 10.0 Å². The summed E-state index contributed by atoms with van der Waals surface area (Å²) in [7, 11) is -0.692. The van der Waals surface area contributed by atoms with Gasteiger partial charge in [-0.3, -0.25) is 0 Å². The minimum atomic E-state index is -3.63. The molecule has 0 aliphatic rings. The third-order valence-electron chi connectivity index (χ3n) is 2.67. The molecule has 4 nitrogen and oxygen atoms in total. The SMILES string of the molecule is CCCN(C)S(=O)(=O)c1cc(Cl)cc(CCl)c1OC. The van der Waals surface area contributed by atoms with Gasteiger partial charge in [0.1, 0.15) is 10.6 Å². The molecule has 0 fully saturated rings. The molecule has 1 aromatic rings. The van der Waals surface area contributed by atoms with Crippen LogP contribution < -0.4 is 4.74 Å². The highest BCUT2D eigenvalue weighted by Gasteiger charge is 2.26. The average Bonchev–Trinajstić information content (AvgIpc) is 2.37. The highest BCUT2D eigenvalue weighted by atomic mass is 35.5. The van der Waals surface area contributed by atoms with E-state index in [0.29, 0.717) is 17.1 Å². The lowest BCUT2D eigenvalue weighted by Crippen LogP contribution is -2.28. The van der Waals surface area contributed by atoms with Gasteiger partial charge >= 0.3 is 0 Å². The molecule has 19 heavy (non-hydrogen) atoms. The van der Waals surface area contributed by atoms with Crippen molar-refractivity contribution in [1.29, 1.82) is 0 Å². The van der Waals surface area contributed by atoms with Crippen LogP contribution in [0.1, 0.15) is 18.9 Å². The van der Waals surface area contributed by atoms with E-state index in [1.807, 2.05) is 6.92 Å². The molecule has 0 aliphatic carbocycles.